The molecule has 0 radical (unpaired) electrons. The van der Waals surface area contributed by atoms with Crippen LogP contribution in [0.3, 0.4) is 0 Å². The smallest absolute Gasteiger partial charge is 0.360 e. The van der Waals surface area contributed by atoms with Crippen LogP contribution in [0.15, 0.2) is 29.1 Å². The van der Waals surface area contributed by atoms with Crippen LogP contribution in [0.1, 0.15) is 23.0 Å². The molecular formula is C14H15FN4O3. The maximum absolute atomic E-state index is 14.1. The maximum Gasteiger partial charge on any atom is 0.360 e. The summed E-state index contributed by atoms with van der Waals surface area (Å²) in [6.45, 7) is 1.82. The lowest BCUT2D eigenvalue weighted by molar-refractivity contribution is 0.0593. The summed E-state index contributed by atoms with van der Waals surface area (Å²) >= 11 is 0. The molecule has 0 saturated heterocycles. The number of aromatic nitrogens is 2. The molecule has 2 rings (SSSR count). The molecule has 3 N–H and O–H groups in total. The lowest BCUT2D eigenvalue weighted by Crippen LogP contribution is -2.28. The Bertz CT molecular complexity index is 773. The van der Waals surface area contributed by atoms with Crippen LogP contribution >= 0.6 is 0 Å². The van der Waals surface area contributed by atoms with E-state index >= 15 is 0 Å². The molecule has 1 heterocycles. The summed E-state index contributed by atoms with van der Waals surface area (Å²) < 4.78 is 19.6. The van der Waals surface area contributed by atoms with Gasteiger partial charge in [0.25, 0.3) is 5.56 Å². The van der Waals surface area contributed by atoms with Gasteiger partial charge in [-0.05, 0) is 18.1 Å². The minimum absolute atomic E-state index is 0.00230. The topological polar surface area (TPSA) is 99.2 Å². The summed E-state index contributed by atoms with van der Waals surface area (Å²) in [5.74, 6) is 3.86. The first-order valence-electron chi connectivity index (χ1n) is 6.50. The summed E-state index contributed by atoms with van der Waals surface area (Å²) in [5, 5.41) is 3.90. The molecule has 1 aromatic carbocycles. The van der Waals surface area contributed by atoms with Crippen molar-refractivity contribution in [3.8, 4) is 5.69 Å². The second-order valence-corrected chi connectivity index (χ2v) is 4.39. The Morgan fingerprint density at radius 1 is 1.50 bits per heavy atom. The number of methoxy groups -OCH3 is 1. The van der Waals surface area contributed by atoms with Crippen molar-refractivity contribution in [3.05, 3.63) is 51.7 Å². The molecular weight excluding hydrogens is 291 g/mol. The average molecular weight is 306 g/mol. The molecule has 7 nitrogen and oxygen atoms in total. The van der Waals surface area contributed by atoms with Gasteiger partial charge in [-0.3, -0.25) is 10.6 Å². The second kappa shape index (κ2) is 6.35. The molecule has 116 valence electrons. The number of esters is 1. The van der Waals surface area contributed by atoms with Gasteiger partial charge in [-0.1, -0.05) is 19.1 Å². The normalized spacial score (nSPS) is 10.4. The Morgan fingerprint density at radius 2 is 2.23 bits per heavy atom. The number of nitrogens with zero attached hydrogens (tertiary/aromatic N) is 2. The number of anilines is 1. The fourth-order valence-electron chi connectivity index (χ4n) is 2.06. The number of rotatable bonds is 4. The van der Waals surface area contributed by atoms with Gasteiger partial charge in [-0.25, -0.2) is 9.18 Å². The van der Waals surface area contributed by atoms with Gasteiger partial charge in [-0.2, -0.15) is 9.78 Å². The highest BCUT2D eigenvalue weighted by atomic mass is 19.1. The highest BCUT2D eigenvalue weighted by Gasteiger charge is 2.19. The fourth-order valence-corrected chi connectivity index (χ4v) is 2.06. The van der Waals surface area contributed by atoms with Gasteiger partial charge < -0.3 is 10.2 Å². The SMILES string of the molecule is CCc1cccc(F)c1-n1nc(C(=O)OC)c(NN)cc1=O. The third-order valence-electron chi connectivity index (χ3n) is 3.13. The standard InChI is InChI=1S/C14H15FN4O3/c1-3-8-5-4-6-9(15)13(8)19-11(20)7-10(17-16)12(18-19)14(21)22-2/h4-7,17H,3,16H2,1-2H3. The minimum atomic E-state index is -0.795. The molecule has 0 unspecified atom stereocenters. The molecule has 1 aromatic heterocycles. The van der Waals surface area contributed by atoms with Crippen LogP contribution in [-0.2, 0) is 11.2 Å². The zero-order valence-corrected chi connectivity index (χ0v) is 12.1. The van der Waals surface area contributed by atoms with Crippen molar-refractivity contribution in [2.24, 2.45) is 5.84 Å². The Balaban J connectivity index is 2.77. The third-order valence-corrected chi connectivity index (χ3v) is 3.13. The number of hydrogen-bond donors (Lipinski definition) is 2. The number of nitrogen functional groups attached to an aromatic ring is 1. The molecule has 0 fully saturated rings. The van der Waals surface area contributed by atoms with E-state index in [1.165, 1.54) is 13.2 Å². The number of para-hydroxylation sites is 1. The van der Waals surface area contributed by atoms with Crippen LogP contribution in [0.25, 0.3) is 5.69 Å². The molecule has 2 aromatic rings. The summed E-state index contributed by atoms with van der Waals surface area (Å²) in [5.41, 5.74) is 1.95. The van der Waals surface area contributed by atoms with E-state index in [1.807, 2.05) is 6.92 Å². The van der Waals surface area contributed by atoms with Crippen molar-refractivity contribution in [1.29, 1.82) is 0 Å². The van der Waals surface area contributed by atoms with E-state index in [4.69, 9.17) is 5.84 Å². The molecule has 22 heavy (non-hydrogen) atoms. The first-order valence-corrected chi connectivity index (χ1v) is 6.50. The number of carbonyl (C=O) groups excluding carboxylic acids is 1. The highest BCUT2D eigenvalue weighted by molar-refractivity contribution is 5.93. The van der Waals surface area contributed by atoms with Crippen LogP contribution in [0.5, 0.6) is 0 Å². The van der Waals surface area contributed by atoms with Crippen molar-refractivity contribution < 1.29 is 13.9 Å². The lowest BCUT2D eigenvalue weighted by atomic mass is 10.1. The second-order valence-electron chi connectivity index (χ2n) is 4.39. The predicted molar refractivity (Wildman–Crippen MR) is 78.3 cm³/mol. The predicted octanol–water partition coefficient (Wildman–Crippen LogP) is 1.01. The first-order chi connectivity index (χ1) is 10.5. The fraction of sp³-hybridized carbons (Fsp3) is 0.214. The molecule has 0 saturated carbocycles. The van der Waals surface area contributed by atoms with Crippen LogP contribution < -0.4 is 16.8 Å². The number of ether oxygens (including phenoxy) is 1. The third kappa shape index (κ3) is 2.68. The molecule has 0 atom stereocenters. The molecule has 0 bridgehead atoms. The largest absolute Gasteiger partial charge is 0.464 e. The van der Waals surface area contributed by atoms with E-state index in [1.54, 1.807) is 12.1 Å². The Kier molecular flexibility index (Phi) is 4.52. The minimum Gasteiger partial charge on any atom is -0.464 e. The van der Waals surface area contributed by atoms with Gasteiger partial charge in [0, 0.05) is 6.07 Å². The molecule has 8 heteroatoms. The van der Waals surface area contributed by atoms with Crippen LogP contribution in [0.4, 0.5) is 10.1 Å². The van der Waals surface area contributed by atoms with E-state index in [9.17, 15) is 14.0 Å². The van der Waals surface area contributed by atoms with Gasteiger partial charge in [0.05, 0.1) is 12.8 Å². The van der Waals surface area contributed by atoms with Crippen molar-refractivity contribution in [2.75, 3.05) is 12.5 Å². The number of hydrogen-bond acceptors (Lipinski definition) is 6. The van der Waals surface area contributed by atoms with E-state index < -0.39 is 17.3 Å². The summed E-state index contributed by atoms with van der Waals surface area (Å²) in [4.78, 5) is 23.9. The van der Waals surface area contributed by atoms with Crippen molar-refractivity contribution in [2.45, 2.75) is 13.3 Å². The average Bonchev–Trinajstić information content (AvgIpc) is 2.53. The van der Waals surface area contributed by atoms with Gasteiger partial charge in [0.15, 0.2) is 5.69 Å². The molecule has 0 aliphatic heterocycles. The van der Waals surface area contributed by atoms with E-state index in [-0.39, 0.29) is 17.1 Å². The van der Waals surface area contributed by atoms with Crippen LogP contribution in [-0.4, -0.2) is 22.9 Å². The Hall–Kier alpha value is -2.74. The molecule has 0 amide bonds. The van der Waals surface area contributed by atoms with Gasteiger partial charge in [0.2, 0.25) is 0 Å². The van der Waals surface area contributed by atoms with E-state index in [0.29, 0.717) is 12.0 Å². The molecule has 0 aliphatic carbocycles. The number of halogens is 1. The number of carbonyl (C=O) groups is 1. The first kappa shape index (κ1) is 15.6. The van der Waals surface area contributed by atoms with Crippen molar-refractivity contribution in [1.82, 2.24) is 9.78 Å². The van der Waals surface area contributed by atoms with Crippen LogP contribution in [0.2, 0.25) is 0 Å². The van der Waals surface area contributed by atoms with Gasteiger partial charge >= 0.3 is 5.97 Å². The molecule has 0 spiro atoms. The quantitative estimate of drug-likeness (QED) is 0.497. The summed E-state index contributed by atoms with van der Waals surface area (Å²) in [6, 6.07) is 5.50. The van der Waals surface area contributed by atoms with Gasteiger partial charge in [0.1, 0.15) is 11.5 Å². The zero-order valence-electron chi connectivity index (χ0n) is 12.1. The van der Waals surface area contributed by atoms with E-state index in [2.05, 4.69) is 15.3 Å². The Morgan fingerprint density at radius 3 is 2.82 bits per heavy atom. The number of nitrogens with two attached hydrogens (primary N) is 1. The number of nitrogens with one attached hydrogen (secondary N) is 1. The number of benzene rings is 1. The van der Waals surface area contributed by atoms with E-state index in [0.717, 1.165) is 10.7 Å². The van der Waals surface area contributed by atoms with Crippen LogP contribution in [0, 0.1) is 5.82 Å². The van der Waals surface area contributed by atoms with Gasteiger partial charge in [-0.15, -0.1) is 0 Å². The maximum atomic E-state index is 14.1. The number of aryl methyl sites for hydroxylation is 1. The zero-order chi connectivity index (χ0) is 16.3. The van der Waals surface area contributed by atoms with Crippen molar-refractivity contribution in [3.63, 3.8) is 0 Å². The molecule has 0 aliphatic rings. The highest BCUT2D eigenvalue weighted by Crippen LogP contribution is 2.19. The lowest BCUT2D eigenvalue weighted by Gasteiger charge is -2.13. The summed E-state index contributed by atoms with van der Waals surface area (Å²) in [6.07, 6.45) is 0.492. The monoisotopic (exact) mass is 306 g/mol. The Labute approximate surface area is 125 Å². The summed E-state index contributed by atoms with van der Waals surface area (Å²) in [7, 11) is 1.17. The van der Waals surface area contributed by atoms with Crippen molar-refractivity contribution >= 4 is 11.7 Å². The number of hydrazine groups is 1.